The third-order valence-corrected chi connectivity index (χ3v) is 4.72. The molecule has 0 spiro atoms. The van der Waals surface area contributed by atoms with Gasteiger partial charge in [-0.3, -0.25) is 0 Å². The van der Waals surface area contributed by atoms with E-state index < -0.39 is 11.7 Å². The van der Waals surface area contributed by atoms with Crippen molar-refractivity contribution in [2.45, 2.75) is 32.4 Å². The Morgan fingerprint density at radius 1 is 1.23 bits per heavy atom. The van der Waals surface area contributed by atoms with E-state index in [1.807, 2.05) is 13.0 Å². The van der Waals surface area contributed by atoms with Crippen molar-refractivity contribution in [3.8, 4) is 17.0 Å². The van der Waals surface area contributed by atoms with Crippen LogP contribution in [0.1, 0.15) is 29.7 Å². The third-order valence-electron chi connectivity index (χ3n) is 4.72. The minimum absolute atomic E-state index is 0.140. The van der Waals surface area contributed by atoms with Crippen molar-refractivity contribution in [2.75, 3.05) is 20.2 Å². The number of halogens is 3. The molecule has 7 heteroatoms. The summed E-state index contributed by atoms with van der Waals surface area (Å²) in [4.78, 5) is 0. The maximum Gasteiger partial charge on any atom is 0.416 e. The van der Waals surface area contributed by atoms with Gasteiger partial charge in [0.1, 0.15) is 5.75 Å². The molecule has 1 aliphatic heterocycles. The average molecular weight is 365 g/mol. The summed E-state index contributed by atoms with van der Waals surface area (Å²) < 4.78 is 43.9. The number of piperidine rings is 1. The maximum atomic E-state index is 12.9. The molecule has 140 valence electrons. The number of hydrogen-bond donors (Lipinski definition) is 1. The molecule has 1 aliphatic rings. The average Bonchev–Trinajstić information content (AvgIpc) is 2.61. The molecule has 0 aliphatic carbocycles. The van der Waals surface area contributed by atoms with E-state index in [1.165, 1.54) is 19.6 Å². The topological polar surface area (TPSA) is 47.0 Å². The SMILES string of the molecule is COc1cc(C(F)(F)F)ccc1-c1nnc(C[C@@H]2CCCNC2)cc1C. The predicted molar refractivity (Wildman–Crippen MR) is 93.1 cm³/mol. The molecule has 1 saturated heterocycles. The molecule has 2 aromatic rings. The molecule has 3 rings (SSSR count). The van der Waals surface area contributed by atoms with Crippen LogP contribution in [0.15, 0.2) is 24.3 Å². The summed E-state index contributed by atoms with van der Waals surface area (Å²) in [5, 5.41) is 12.0. The third kappa shape index (κ3) is 4.15. The lowest BCUT2D eigenvalue weighted by molar-refractivity contribution is -0.137. The molecule has 1 aromatic carbocycles. The van der Waals surface area contributed by atoms with Crippen LogP contribution in [0.2, 0.25) is 0 Å². The fourth-order valence-corrected chi connectivity index (χ4v) is 3.36. The van der Waals surface area contributed by atoms with Crippen LogP contribution in [0.3, 0.4) is 0 Å². The molecule has 0 bridgehead atoms. The molecule has 2 heterocycles. The molecule has 0 amide bonds. The van der Waals surface area contributed by atoms with Crippen molar-refractivity contribution in [1.29, 1.82) is 0 Å². The summed E-state index contributed by atoms with van der Waals surface area (Å²) in [7, 11) is 1.35. The fraction of sp³-hybridized carbons (Fsp3) is 0.474. The van der Waals surface area contributed by atoms with E-state index >= 15 is 0 Å². The van der Waals surface area contributed by atoms with Gasteiger partial charge in [0.05, 0.1) is 24.1 Å². The highest BCUT2D eigenvalue weighted by atomic mass is 19.4. The van der Waals surface area contributed by atoms with E-state index in [-0.39, 0.29) is 5.75 Å². The van der Waals surface area contributed by atoms with Crippen molar-refractivity contribution in [2.24, 2.45) is 5.92 Å². The van der Waals surface area contributed by atoms with Gasteiger partial charge in [-0.1, -0.05) is 0 Å². The first-order valence-electron chi connectivity index (χ1n) is 8.68. The number of nitrogens with zero attached hydrogens (tertiary/aromatic N) is 2. The molecular formula is C19H22F3N3O. The van der Waals surface area contributed by atoms with Crippen LogP contribution in [0.5, 0.6) is 5.75 Å². The first-order chi connectivity index (χ1) is 12.4. The zero-order valence-corrected chi connectivity index (χ0v) is 14.9. The number of hydrogen-bond acceptors (Lipinski definition) is 4. The van der Waals surface area contributed by atoms with E-state index in [1.54, 1.807) is 0 Å². The number of methoxy groups -OCH3 is 1. The Bertz CT molecular complexity index is 771. The Labute approximate surface area is 150 Å². The smallest absolute Gasteiger partial charge is 0.416 e. The second kappa shape index (κ2) is 7.61. The Morgan fingerprint density at radius 3 is 2.65 bits per heavy atom. The van der Waals surface area contributed by atoms with Crippen LogP contribution < -0.4 is 10.1 Å². The van der Waals surface area contributed by atoms with E-state index in [4.69, 9.17) is 4.74 Å². The molecule has 0 saturated carbocycles. The highest BCUT2D eigenvalue weighted by molar-refractivity contribution is 5.70. The number of ether oxygens (including phenoxy) is 1. The van der Waals surface area contributed by atoms with Gasteiger partial charge in [0.15, 0.2) is 0 Å². The van der Waals surface area contributed by atoms with Gasteiger partial charge in [-0.2, -0.15) is 18.3 Å². The Morgan fingerprint density at radius 2 is 2.04 bits per heavy atom. The summed E-state index contributed by atoms with van der Waals surface area (Å²) in [5.41, 5.74) is 2.09. The van der Waals surface area contributed by atoms with Gasteiger partial charge in [-0.15, -0.1) is 5.10 Å². The van der Waals surface area contributed by atoms with Crippen LogP contribution in [-0.2, 0) is 12.6 Å². The van der Waals surface area contributed by atoms with Gasteiger partial charge < -0.3 is 10.1 Å². The highest BCUT2D eigenvalue weighted by Crippen LogP contribution is 2.37. The summed E-state index contributed by atoms with van der Waals surface area (Å²) in [6, 6.07) is 5.40. The lowest BCUT2D eigenvalue weighted by Crippen LogP contribution is -2.31. The van der Waals surface area contributed by atoms with E-state index in [0.717, 1.165) is 49.3 Å². The van der Waals surface area contributed by atoms with Crippen LogP contribution in [0.25, 0.3) is 11.3 Å². The van der Waals surface area contributed by atoms with Gasteiger partial charge in [-0.25, -0.2) is 0 Å². The van der Waals surface area contributed by atoms with Crippen LogP contribution >= 0.6 is 0 Å². The number of rotatable bonds is 4. The molecule has 1 aromatic heterocycles. The first kappa shape index (κ1) is 18.6. The lowest BCUT2D eigenvalue weighted by Gasteiger charge is -2.22. The number of nitrogens with one attached hydrogen (secondary N) is 1. The molecule has 4 nitrogen and oxygen atoms in total. The first-order valence-corrected chi connectivity index (χ1v) is 8.68. The summed E-state index contributed by atoms with van der Waals surface area (Å²) >= 11 is 0. The second-order valence-corrected chi connectivity index (χ2v) is 6.70. The molecule has 26 heavy (non-hydrogen) atoms. The van der Waals surface area contributed by atoms with Crippen molar-refractivity contribution >= 4 is 0 Å². The number of aromatic nitrogens is 2. The minimum atomic E-state index is -4.41. The Balaban J connectivity index is 1.87. The zero-order chi connectivity index (χ0) is 18.7. The Hall–Kier alpha value is -2.15. The van der Waals surface area contributed by atoms with Crippen molar-refractivity contribution in [1.82, 2.24) is 15.5 Å². The van der Waals surface area contributed by atoms with Gasteiger partial charge >= 0.3 is 6.18 Å². The quantitative estimate of drug-likeness (QED) is 0.889. The molecule has 1 fully saturated rings. The molecule has 1 atom stereocenters. The molecular weight excluding hydrogens is 343 g/mol. The normalized spacial score (nSPS) is 18.0. The zero-order valence-electron chi connectivity index (χ0n) is 14.9. The fourth-order valence-electron chi connectivity index (χ4n) is 3.36. The lowest BCUT2D eigenvalue weighted by atomic mass is 9.94. The number of aryl methyl sites for hydroxylation is 1. The predicted octanol–water partition coefficient (Wildman–Crippen LogP) is 4.02. The second-order valence-electron chi connectivity index (χ2n) is 6.70. The minimum Gasteiger partial charge on any atom is -0.496 e. The monoisotopic (exact) mass is 365 g/mol. The molecule has 1 N–H and O–H groups in total. The van der Waals surface area contributed by atoms with E-state index in [9.17, 15) is 13.2 Å². The van der Waals surface area contributed by atoms with Crippen molar-refractivity contribution < 1.29 is 17.9 Å². The standard InChI is InChI=1S/C19H22F3N3O/c1-12-8-15(9-13-4-3-7-23-11-13)24-25-18(12)16-6-5-14(19(20,21)22)10-17(16)26-2/h5-6,8,10,13,23H,3-4,7,9,11H2,1-2H3/t13-/m0/s1. The number of alkyl halides is 3. The van der Waals surface area contributed by atoms with Crippen LogP contribution in [0, 0.1) is 12.8 Å². The van der Waals surface area contributed by atoms with E-state index in [0.29, 0.717) is 17.2 Å². The molecule has 0 radical (unpaired) electrons. The molecule has 0 unspecified atom stereocenters. The van der Waals surface area contributed by atoms with E-state index in [2.05, 4.69) is 15.5 Å². The summed E-state index contributed by atoms with van der Waals surface area (Å²) in [6.07, 6.45) is -1.23. The highest BCUT2D eigenvalue weighted by Gasteiger charge is 2.31. The Kier molecular flexibility index (Phi) is 5.46. The maximum absolute atomic E-state index is 12.9. The van der Waals surface area contributed by atoms with Gasteiger partial charge in [0.2, 0.25) is 0 Å². The van der Waals surface area contributed by atoms with Gasteiger partial charge in [0, 0.05) is 5.56 Å². The van der Waals surface area contributed by atoms with Crippen LogP contribution in [-0.4, -0.2) is 30.4 Å². The van der Waals surface area contributed by atoms with Crippen molar-refractivity contribution in [3.05, 3.63) is 41.1 Å². The van der Waals surface area contributed by atoms with Crippen molar-refractivity contribution in [3.63, 3.8) is 0 Å². The van der Waals surface area contributed by atoms with Gasteiger partial charge in [-0.05, 0) is 75.0 Å². The van der Waals surface area contributed by atoms with Gasteiger partial charge in [0.25, 0.3) is 0 Å². The van der Waals surface area contributed by atoms with Crippen LogP contribution in [0.4, 0.5) is 13.2 Å². The summed E-state index contributed by atoms with van der Waals surface area (Å²) in [6.45, 7) is 3.94. The number of benzene rings is 1. The largest absolute Gasteiger partial charge is 0.496 e. The summed E-state index contributed by atoms with van der Waals surface area (Å²) in [5.74, 6) is 0.686.